The lowest BCUT2D eigenvalue weighted by molar-refractivity contribution is -0.154. The van der Waals surface area contributed by atoms with Crippen LogP contribution in [0.4, 0.5) is 13.2 Å². The smallest absolute Gasteiger partial charge is 0.422 e. The molecule has 29 heavy (non-hydrogen) atoms. The highest BCUT2D eigenvalue weighted by Gasteiger charge is 2.28. The summed E-state index contributed by atoms with van der Waals surface area (Å²) in [6, 6.07) is 3.14. The van der Waals surface area contributed by atoms with Gasteiger partial charge in [-0.25, -0.2) is 15.0 Å². The van der Waals surface area contributed by atoms with Crippen LogP contribution in [-0.4, -0.2) is 35.3 Å². The molecule has 0 bridgehead atoms. The van der Waals surface area contributed by atoms with Gasteiger partial charge in [-0.3, -0.25) is 0 Å². The first kappa shape index (κ1) is 25.4. The second-order valence-electron chi connectivity index (χ2n) is 6.28. The maximum Gasteiger partial charge on any atom is 0.422 e. The van der Waals surface area contributed by atoms with Crippen molar-refractivity contribution in [1.29, 1.82) is 0 Å². The molecule has 2 aromatic heterocycles. The molecule has 0 atom stereocenters. The number of ether oxygens (including phenoxy) is 1. The fraction of sp³-hybridized carbons (Fsp3) is 0.500. The Bertz CT molecular complexity index is 783. The normalized spacial score (nSPS) is 11.9. The fourth-order valence-corrected chi connectivity index (χ4v) is 3.02. The van der Waals surface area contributed by atoms with E-state index in [9.17, 15) is 13.2 Å². The summed E-state index contributed by atoms with van der Waals surface area (Å²) in [6.45, 7) is 6.26. The van der Waals surface area contributed by atoms with Gasteiger partial charge in [0.2, 0.25) is 5.88 Å². The minimum absolute atomic E-state index is 0. The number of hydrogen-bond acceptors (Lipinski definition) is 5. The Morgan fingerprint density at radius 3 is 2.69 bits per heavy atom. The van der Waals surface area contributed by atoms with Crippen LogP contribution in [-0.2, 0) is 13.1 Å². The molecule has 0 spiro atoms. The lowest BCUT2D eigenvalue weighted by Gasteiger charge is -2.11. The number of pyridine rings is 1. The average Bonchev–Trinajstić information content (AvgIpc) is 3.11. The molecular formula is C18H25F3IN5OS. The Morgan fingerprint density at radius 1 is 1.31 bits per heavy atom. The van der Waals surface area contributed by atoms with E-state index in [1.807, 2.05) is 12.3 Å². The van der Waals surface area contributed by atoms with Gasteiger partial charge >= 0.3 is 6.18 Å². The quantitative estimate of drug-likeness (QED) is 0.292. The number of aromatic nitrogens is 2. The molecule has 0 radical (unpaired) electrons. The second-order valence-corrected chi connectivity index (χ2v) is 7.22. The molecule has 2 N–H and O–H groups in total. The second kappa shape index (κ2) is 12.2. The van der Waals surface area contributed by atoms with E-state index >= 15 is 0 Å². The van der Waals surface area contributed by atoms with Gasteiger partial charge in [-0.1, -0.05) is 13.8 Å². The summed E-state index contributed by atoms with van der Waals surface area (Å²) >= 11 is 1.59. The predicted octanol–water partition coefficient (Wildman–Crippen LogP) is 4.48. The maximum absolute atomic E-state index is 12.3. The van der Waals surface area contributed by atoms with Crippen molar-refractivity contribution in [2.75, 3.05) is 13.2 Å². The van der Waals surface area contributed by atoms with Crippen LogP contribution < -0.4 is 15.4 Å². The third kappa shape index (κ3) is 9.61. The van der Waals surface area contributed by atoms with E-state index in [1.165, 1.54) is 12.3 Å². The van der Waals surface area contributed by atoms with Gasteiger partial charge in [0, 0.05) is 24.2 Å². The molecule has 0 aliphatic heterocycles. The largest absolute Gasteiger partial charge is 0.468 e. The van der Waals surface area contributed by atoms with Crippen molar-refractivity contribution in [2.45, 2.75) is 46.0 Å². The number of halogens is 4. The van der Waals surface area contributed by atoms with Crippen molar-refractivity contribution in [3.05, 3.63) is 40.0 Å². The number of nitrogens with zero attached hydrogens (tertiary/aromatic N) is 3. The highest BCUT2D eigenvalue weighted by molar-refractivity contribution is 14.0. The number of guanidine groups is 1. The first-order valence-electron chi connectivity index (χ1n) is 8.87. The molecule has 6 nitrogen and oxygen atoms in total. The molecule has 2 rings (SSSR count). The van der Waals surface area contributed by atoms with Gasteiger partial charge in [0.05, 0.1) is 18.8 Å². The van der Waals surface area contributed by atoms with Crippen LogP contribution in [0.1, 0.15) is 43.0 Å². The molecule has 0 fully saturated rings. The number of nitrogens with one attached hydrogen (secondary N) is 2. The van der Waals surface area contributed by atoms with Crippen LogP contribution in [0.25, 0.3) is 0 Å². The molecule has 0 aromatic carbocycles. The summed E-state index contributed by atoms with van der Waals surface area (Å²) in [5, 5.41) is 9.35. The molecule has 0 amide bonds. The zero-order valence-corrected chi connectivity index (χ0v) is 19.6. The van der Waals surface area contributed by atoms with Gasteiger partial charge < -0.3 is 15.4 Å². The van der Waals surface area contributed by atoms with Crippen LogP contribution >= 0.6 is 35.3 Å². The van der Waals surface area contributed by atoms with Crippen molar-refractivity contribution in [3.63, 3.8) is 0 Å². The number of thiazole rings is 1. The van der Waals surface area contributed by atoms with Crippen molar-refractivity contribution in [2.24, 2.45) is 4.99 Å². The molecule has 2 heterocycles. The topological polar surface area (TPSA) is 71.4 Å². The first-order chi connectivity index (χ1) is 13.3. The van der Waals surface area contributed by atoms with E-state index in [0.717, 1.165) is 10.7 Å². The van der Waals surface area contributed by atoms with Crippen LogP contribution in [0.15, 0.2) is 28.7 Å². The Balaban J connectivity index is 0.00000420. The molecule has 0 saturated carbocycles. The van der Waals surface area contributed by atoms with Gasteiger partial charge in [0.15, 0.2) is 12.6 Å². The number of rotatable bonds is 8. The summed E-state index contributed by atoms with van der Waals surface area (Å²) in [5.41, 5.74) is 1.76. The van der Waals surface area contributed by atoms with Crippen LogP contribution in [0, 0.1) is 0 Å². The van der Waals surface area contributed by atoms with Gasteiger partial charge in [0.25, 0.3) is 0 Å². The van der Waals surface area contributed by atoms with Gasteiger partial charge in [0.1, 0.15) is 5.01 Å². The Hall–Kier alpha value is -1.63. The number of alkyl halides is 3. The minimum atomic E-state index is -4.40. The molecule has 11 heteroatoms. The van der Waals surface area contributed by atoms with Crippen LogP contribution in [0.2, 0.25) is 0 Å². The minimum Gasteiger partial charge on any atom is -0.468 e. The fourth-order valence-electron chi connectivity index (χ4n) is 2.13. The summed E-state index contributed by atoms with van der Waals surface area (Å²) < 4.78 is 41.4. The third-order valence-electron chi connectivity index (χ3n) is 3.52. The standard InChI is InChI=1S/C18H24F3N5OS.HI/c1-4-22-17(25-9-16-26-14(10-28-16)12(2)3)24-8-13-5-6-23-15(7-13)27-11-18(19,20)21;/h5-7,10,12H,4,8-9,11H2,1-3H3,(H2,22,24,25);1H. The molecule has 0 aliphatic carbocycles. The van der Waals surface area contributed by atoms with Crippen LogP contribution in [0.5, 0.6) is 5.88 Å². The summed E-state index contributed by atoms with van der Waals surface area (Å²) in [4.78, 5) is 12.8. The van der Waals surface area contributed by atoms with Gasteiger partial charge in [-0.15, -0.1) is 35.3 Å². The lowest BCUT2D eigenvalue weighted by Crippen LogP contribution is -2.36. The van der Waals surface area contributed by atoms with E-state index in [2.05, 4.69) is 44.2 Å². The van der Waals surface area contributed by atoms with Crippen molar-refractivity contribution in [3.8, 4) is 5.88 Å². The van der Waals surface area contributed by atoms with E-state index in [0.29, 0.717) is 30.5 Å². The third-order valence-corrected chi connectivity index (χ3v) is 4.38. The Kier molecular flexibility index (Phi) is 10.6. The molecule has 162 valence electrons. The van der Waals surface area contributed by atoms with E-state index in [1.54, 1.807) is 17.4 Å². The van der Waals surface area contributed by atoms with E-state index in [-0.39, 0.29) is 36.4 Å². The molecular weight excluding hydrogens is 518 g/mol. The zero-order chi connectivity index (χ0) is 20.6. The van der Waals surface area contributed by atoms with Gasteiger partial charge in [-0.2, -0.15) is 13.2 Å². The summed E-state index contributed by atoms with van der Waals surface area (Å²) in [5.74, 6) is 0.901. The summed E-state index contributed by atoms with van der Waals surface area (Å²) in [6.07, 6.45) is -3.00. The Morgan fingerprint density at radius 2 is 2.07 bits per heavy atom. The SMILES string of the molecule is CCNC(=NCc1ccnc(OCC(F)(F)F)c1)NCc1nc(C(C)C)cs1.I. The number of hydrogen-bond donors (Lipinski definition) is 2. The molecule has 0 unspecified atom stereocenters. The molecule has 0 saturated heterocycles. The predicted molar refractivity (Wildman–Crippen MR) is 119 cm³/mol. The van der Waals surface area contributed by atoms with E-state index < -0.39 is 12.8 Å². The van der Waals surface area contributed by atoms with Gasteiger partial charge in [-0.05, 0) is 24.5 Å². The van der Waals surface area contributed by atoms with Crippen molar-refractivity contribution < 1.29 is 17.9 Å². The van der Waals surface area contributed by atoms with Crippen LogP contribution in [0.3, 0.4) is 0 Å². The summed E-state index contributed by atoms with van der Waals surface area (Å²) in [7, 11) is 0. The lowest BCUT2D eigenvalue weighted by atomic mass is 10.2. The number of aliphatic imine (C=N–C) groups is 1. The molecule has 2 aromatic rings. The highest BCUT2D eigenvalue weighted by Crippen LogP contribution is 2.18. The van der Waals surface area contributed by atoms with Crippen molar-refractivity contribution in [1.82, 2.24) is 20.6 Å². The Labute approximate surface area is 189 Å². The zero-order valence-electron chi connectivity index (χ0n) is 16.4. The average molecular weight is 543 g/mol. The highest BCUT2D eigenvalue weighted by atomic mass is 127. The maximum atomic E-state index is 12.3. The first-order valence-corrected chi connectivity index (χ1v) is 9.75. The van der Waals surface area contributed by atoms with Crippen molar-refractivity contribution >= 4 is 41.3 Å². The monoisotopic (exact) mass is 543 g/mol. The molecule has 0 aliphatic rings. The van der Waals surface area contributed by atoms with E-state index in [4.69, 9.17) is 0 Å².